The third-order valence-corrected chi connectivity index (χ3v) is 4.80. The number of hydrogen-bond acceptors (Lipinski definition) is 5. The van der Waals surface area contributed by atoms with Gasteiger partial charge in [0.15, 0.2) is 0 Å². The van der Waals surface area contributed by atoms with E-state index in [-0.39, 0.29) is 0 Å². The Kier molecular flexibility index (Phi) is 3.41. The molecule has 0 saturated carbocycles. The summed E-state index contributed by atoms with van der Waals surface area (Å²) in [5.41, 5.74) is 3.26. The fourth-order valence-electron chi connectivity index (χ4n) is 2.76. The topological polar surface area (TPSA) is 51.0 Å². The summed E-state index contributed by atoms with van der Waals surface area (Å²) in [6.45, 7) is 7.07. The molecule has 0 aliphatic heterocycles. The zero-order chi connectivity index (χ0) is 13.4. The zero-order valence-corrected chi connectivity index (χ0v) is 12.4. The standard InChI is InChI=1S/C14H19N3OS/c1-4-15-10-6-5-7-11-13(10)16-14(19-11)12-8(2)17-18-9(12)3/h10,15H,4-7H2,1-3H3. The molecule has 0 radical (unpaired) electrons. The first-order chi connectivity index (χ1) is 9.20. The van der Waals surface area contributed by atoms with Crippen LogP contribution >= 0.6 is 11.3 Å². The van der Waals surface area contributed by atoms with Crippen LogP contribution in [0, 0.1) is 13.8 Å². The molecule has 0 fully saturated rings. The van der Waals surface area contributed by atoms with Gasteiger partial charge >= 0.3 is 0 Å². The van der Waals surface area contributed by atoms with Crippen LogP contribution in [0.4, 0.5) is 0 Å². The fourth-order valence-corrected chi connectivity index (χ4v) is 4.07. The van der Waals surface area contributed by atoms with Crippen LogP contribution in [0.15, 0.2) is 4.52 Å². The number of aromatic nitrogens is 2. The van der Waals surface area contributed by atoms with Crippen LogP contribution in [0.1, 0.15) is 47.8 Å². The molecule has 0 aromatic carbocycles. The number of aryl methyl sites for hydroxylation is 3. The van der Waals surface area contributed by atoms with Crippen LogP contribution in [0.3, 0.4) is 0 Å². The highest BCUT2D eigenvalue weighted by molar-refractivity contribution is 7.15. The normalized spacial score (nSPS) is 18.6. The smallest absolute Gasteiger partial charge is 0.144 e. The van der Waals surface area contributed by atoms with Gasteiger partial charge in [-0.1, -0.05) is 12.1 Å². The second-order valence-electron chi connectivity index (χ2n) is 5.03. The molecule has 1 unspecified atom stereocenters. The minimum absolute atomic E-state index is 0.416. The Morgan fingerprint density at radius 3 is 2.95 bits per heavy atom. The van der Waals surface area contributed by atoms with Crippen molar-refractivity contribution < 1.29 is 4.52 Å². The maximum absolute atomic E-state index is 5.26. The summed E-state index contributed by atoms with van der Waals surface area (Å²) in [5, 5.41) is 8.62. The van der Waals surface area contributed by atoms with Crippen LogP contribution in [0.5, 0.6) is 0 Å². The van der Waals surface area contributed by atoms with Crippen molar-refractivity contribution in [2.75, 3.05) is 6.54 Å². The summed E-state index contributed by atoms with van der Waals surface area (Å²) >= 11 is 1.80. The summed E-state index contributed by atoms with van der Waals surface area (Å²) in [6, 6.07) is 0.416. The predicted octanol–water partition coefficient (Wildman–Crippen LogP) is 3.40. The molecule has 5 heteroatoms. The van der Waals surface area contributed by atoms with Gasteiger partial charge in [0.05, 0.1) is 23.0 Å². The predicted molar refractivity (Wildman–Crippen MR) is 76.4 cm³/mol. The van der Waals surface area contributed by atoms with Gasteiger partial charge in [0.1, 0.15) is 10.8 Å². The average Bonchev–Trinajstić information content (AvgIpc) is 2.94. The van der Waals surface area contributed by atoms with Gasteiger partial charge in [-0.15, -0.1) is 11.3 Å². The van der Waals surface area contributed by atoms with Crippen LogP contribution in [-0.4, -0.2) is 16.7 Å². The number of nitrogens with zero attached hydrogens (tertiary/aromatic N) is 2. The maximum atomic E-state index is 5.26. The molecule has 1 N–H and O–H groups in total. The van der Waals surface area contributed by atoms with Gasteiger partial charge < -0.3 is 9.84 Å². The van der Waals surface area contributed by atoms with E-state index < -0.39 is 0 Å². The van der Waals surface area contributed by atoms with Crippen LogP contribution in [0.25, 0.3) is 10.6 Å². The average molecular weight is 277 g/mol. The Labute approximate surface area is 117 Å². The lowest BCUT2D eigenvalue weighted by atomic mass is 9.97. The molecule has 2 aromatic heterocycles. The van der Waals surface area contributed by atoms with E-state index in [4.69, 9.17) is 9.51 Å². The van der Waals surface area contributed by atoms with Crippen molar-refractivity contribution in [1.82, 2.24) is 15.5 Å². The van der Waals surface area contributed by atoms with E-state index in [1.165, 1.54) is 23.4 Å². The lowest BCUT2D eigenvalue weighted by Gasteiger charge is -2.21. The van der Waals surface area contributed by atoms with E-state index in [1.807, 2.05) is 13.8 Å². The number of hydrogen-bond donors (Lipinski definition) is 1. The number of nitrogens with one attached hydrogen (secondary N) is 1. The van der Waals surface area contributed by atoms with E-state index in [1.54, 1.807) is 11.3 Å². The Morgan fingerprint density at radius 2 is 2.26 bits per heavy atom. The van der Waals surface area contributed by atoms with Gasteiger partial charge in [-0.2, -0.15) is 0 Å². The highest BCUT2D eigenvalue weighted by atomic mass is 32.1. The van der Waals surface area contributed by atoms with Crippen molar-refractivity contribution in [3.63, 3.8) is 0 Å². The van der Waals surface area contributed by atoms with Gasteiger partial charge in [-0.25, -0.2) is 4.98 Å². The van der Waals surface area contributed by atoms with Crippen LogP contribution in [0.2, 0.25) is 0 Å². The van der Waals surface area contributed by atoms with E-state index in [2.05, 4.69) is 17.4 Å². The fraction of sp³-hybridized carbons (Fsp3) is 0.571. The first-order valence-electron chi connectivity index (χ1n) is 6.87. The molecule has 0 saturated heterocycles. The summed E-state index contributed by atoms with van der Waals surface area (Å²) in [7, 11) is 0. The minimum Gasteiger partial charge on any atom is -0.361 e. The van der Waals surface area contributed by atoms with Gasteiger partial charge in [0, 0.05) is 4.88 Å². The molecule has 2 heterocycles. The molecule has 0 bridgehead atoms. The number of rotatable bonds is 3. The molecule has 0 spiro atoms. The minimum atomic E-state index is 0.416. The quantitative estimate of drug-likeness (QED) is 0.934. The number of thiazole rings is 1. The molecule has 1 atom stereocenters. The Morgan fingerprint density at radius 1 is 1.42 bits per heavy atom. The Balaban J connectivity index is 2.02. The monoisotopic (exact) mass is 277 g/mol. The van der Waals surface area contributed by atoms with Crippen molar-refractivity contribution in [3.8, 4) is 10.6 Å². The third kappa shape index (κ3) is 2.21. The molecule has 4 nitrogen and oxygen atoms in total. The van der Waals surface area contributed by atoms with E-state index in [9.17, 15) is 0 Å². The second kappa shape index (κ2) is 5.06. The second-order valence-corrected chi connectivity index (χ2v) is 6.11. The van der Waals surface area contributed by atoms with Crippen molar-refractivity contribution in [2.45, 2.75) is 46.1 Å². The largest absolute Gasteiger partial charge is 0.361 e. The van der Waals surface area contributed by atoms with Gasteiger partial charge in [0.2, 0.25) is 0 Å². The van der Waals surface area contributed by atoms with Crippen molar-refractivity contribution >= 4 is 11.3 Å². The molecule has 19 heavy (non-hydrogen) atoms. The van der Waals surface area contributed by atoms with E-state index >= 15 is 0 Å². The van der Waals surface area contributed by atoms with Crippen molar-refractivity contribution in [2.24, 2.45) is 0 Å². The molecule has 3 rings (SSSR count). The Bertz CT molecular complexity index is 568. The van der Waals surface area contributed by atoms with Crippen molar-refractivity contribution in [1.29, 1.82) is 0 Å². The molecule has 1 aliphatic carbocycles. The maximum Gasteiger partial charge on any atom is 0.144 e. The number of fused-ring (bicyclic) bond motifs is 1. The first kappa shape index (κ1) is 12.8. The van der Waals surface area contributed by atoms with Crippen LogP contribution in [-0.2, 0) is 6.42 Å². The summed E-state index contributed by atoms with van der Waals surface area (Å²) < 4.78 is 5.26. The summed E-state index contributed by atoms with van der Waals surface area (Å²) in [5.74, 6) is 0.864. The molecule has 1 aliphatic rings. The van der Waals surface area contributed by atoms with E-state index in [0.29, 0.717) is 6.04 Å². The lowest BCUT2D eigenvalue weighted by Crippen LogP contribution is -2.24. The summed E-state index contributed by atoms with van der Waals surface area (Å²) in [4.78, 5) is 6.29. The first-order valence-corrected chi connectivity index (χ1v) is 7.68. The highest BCUT2D eigenvalue weighted by Gasteiger charge is 2.26. The molecule has 102 valence electrons. The summed E-state index contributed by atoms with van der Waals surface area (Å²) in [6.07, 6.45) is 3.58. The van der Waals surface area contributed by atoms with Gasteiger partial charge in [-0.05, 0) is 39.7 Å². The van der Waals surface area contributed by atoms with Crippen molar-refractivity contribution in [3.05, 3.63) is 22.0 Å². The zero-order valence-electron chi connectivity index (χ0n) is 11.6. The molecule has 0 amide bonds. The van der Waals surface area contributed by atoms with Crippen LogP contribution < -0.4 is 5.32 Å². The van der Waals surface area contributed by atoms with Gasteiger partial charge in [-0.3, -0.25) is 0 Å². The molecule has 2 aromatic rings. The molecular formula is C14H19N3OS. The van der Waals surface area contributed by atoms with E-state index in [0.717, 1.165) is 35.0 Å². The third-order valence-electron chi connectivity index (χ3n) is 3.65. The van der Waals surface area contributed by atoms with Gasteiger partial charge in [0.25, 0.3) is 0 Å². The highest BCUT2D eigenvalue weighted by Crippen LogP contribution is 2.38. The molecular weight excluding hydrogens is 258 g/mol. The lowest BCUT2D eigenvalue weighted by molar-refractivity contribution is 0.393. The SMILES string of the molecule is CCNC1CCCc2sc(-c3c(C)noc3C)nc21. The Hall–Kier alpha value is -1.20.